The highest BCUT2D eigenvalue weighted by Gasteiger charge is 2.43. The van der Waals surface area contributed by atoms with Gasteiger partial charge in [0.15, 0.2) is 0 Å². The maximum absolute atomic E-state index is 12.5. The van der Waals surface area contributed by atoms with Gasteiger partial charge in [-0.3, -0.25) is 9.88 Å². The van der Waals surface area contributed by atoms with Crippen LogP contribution in [0, 0.1) is 0 Å². The van der Waals surface area contributed by atoms with Crippen LogP contribution in [0.2, 0.25) is 5.15 Å². The van der Waals surface area contributed by atoms with Crippen LogP contribution in [0.25, 0.3) is 0 Å². The Kier molecular flexibility index (Phi) is 2.36. The van der Waals surface area contributed by atoms with E-state index in [4.69, 9.17) is 11.6 Å². The zero-order chi connectivity index (χ0) is 10.2. The Morgan fingerprint density at radius 2 is 2.07 bits per heavy atom. The fourth-order valence-electron chi connectivity index (χ4n) is 1.37. The molecule has 0 aliphatic carbocycles. The van der Waals surface area contributed by atoms with E-state index in [9.17, 15) is 8.78 Å². The summed E-state index contributed by atoms with van der Waals surface area (Å²) in [6.07, 6.45) is 2.91. The number of alkyl halides is 2. The molecule has 0 aromatic carbocycles. The number of halogens is 3. The standard InChI is InChI=1S/C8H8ClF2N3/c9-7-2-12-6(1-13-7)3-14-4-8(10,11)5-14/h1-2H,3-5H2. The minimum absolute atomic E-state index is 0.197. The molecule has 1 aromatic heterocycles. The molecule has 2 heterocycles. The highest BCUT2D eigenvalue weighted by atomic mass is 35.5. The molecular weight excluding hydrogens is 212 g/mol. The van der Waals surface area contributed by atoms with Crippen molar-refractivity contribution in [2.45, 2.75) is 12.5 Å². The van der Waals surface area contributed by atoms with Gasteiger partial charge in [-0.05, 0) is 0 Å². The first-order chi connectivity index (χ1) is 6.55. The smallest absolute Gasteiger partial charge is 0.272 e. The highest BCUT2D eigenvalue weighted by Crippen LogP contribution is 2.27. The maximum Gasteiger partial charge on any atom is 0.272 e. The molecule has 14 heavy (non-hydrogen) atoms. The third-order valence-corrected chi connectivity index (χ3v) is 2.16. The predicted octanol–water partition coefficient (Wildman–Crippen LogP) is 1.58. The topological polar surface area (TPSA) is 29.0 Å². The average molecular weight is 220 g/mol. The van der Waals surface area contributed by atoms with Crippen LogP contribution < -0.4 is 0 Å². The molecule has 1 aliphatic heterocycles. The van der Waals surface area contributed by atoms with Crippen LogP contribution in [0.15, 0.2) is 12.4 Å². The van der Waals surface area contributed by atoms with Gasteiger partial charge in [0, 0.05) is 6.54 Å². The Balaban J connectivity index is 1.90. The molecule has 3 nitrogen and oxygen atoms in total. The first-order valence-electron chi connectivity index (χ1n) is 4.12. The SMILES string of the molecule is FC1(F)CN(Cc2cnc(Cl)cn2)C1. The lowest BCUT2D eigenvalue weighted by Gasteiger charge is -2.38. The Morgan fingerprint density at radius 3 is 2.57 bits per heavy atom. The first kappa shape index (κ1) is 9.73. The second-order valence-electron chi connectivity index (χ2n) is 3.33. The zero-order valence-corrected chi connectivity index (χ0v) is 8.01. The van der Waals surface area contributed by atoms with Crippen molar-refractivity contribution in [3.05, 3.63) is 23.2 Å². The zero-order valence-electron chi connectivity index (χ0n) is 7.25. The van der Waals surface area contributed by atoms with Crippen molar-refractivity contribution in [3.63, 3.8) is 0 Å². The van der Waals surface area contributed by atoms with E-state index in [2.05, 4.69) is 9.97 Å². The fraction of sp³-hybridized carbons (Fsp3) is 0.500. The van der Waals surface area contributed by atoms with Gasteiger partial charge in [0.25, 0.3) is 5.92 Å². The van der Waals surface area contributed by atoms with Gasteiger partial charge in [0.2, 0.25) is 0 Å². The Labute approximate surface area is 84.7 Å². The molecule has 6 heteroatoms. The summed E-state index contributed by atoms with van der Waals surface area (Å²) in [5.74, 6) is -2.53. The highest BCUT2D eigenvalue weighted by molar-refractivity contribution is 6.29. The molecule has 1 aromatic rings. The molecule has 1 fully saturated rings. The molecule has 0 radical (unpaired) electrons. The van der Waals surface area contributed by atoms with Gasteiger partial charge >= 0.3 is 0 Å². The lowest BCUT2D eigenvalue weighted by Crippen LogP contribution is -2.55. The van der Waals surface area contributed by atoms with Gasteiger partial charge in [-0.1, -0.05) is 11.6 Å². The molecule has 2 rings (SSSR count). The third kappa shape index (κ3) is 2.16. The molecule has 0 saturated carbocycles. The molecular formula is C8H8ClF2N3. The van der Waals surface area contributed by atoms with Crippen molar-refractivity contribution >= 4 is 11.6 Å². The minimum atomic E-state index is -2.53. The Hall–Kier alpha value is -0.810. The van der Waals surface area contributed by atoms with Crippen molar-refractivity contribution in [1.82, 2.24) is 14.9 Å². The van der Waals surface area contributed by atoms with Crippen LogP contribution >= 0.6 is 11.6 Å². The largest absolute Gasteiger partial charge is 0.285 e. The van der Waals surface area contributed by atoms with Gasteiger partial charge in [0.1, 0.15) is 5.15 Å². The second-order valence-corrected chi connectivity index (χ2v) is 3.72. The molecule has 0 amide bonds. The van der Waals surface area contributed by atoms with Gasteiger partial charge in [0.05, 0.1) is 31.2 Å². The number of hydrogen-bond acceptors (Lipinski definition) is 3. The van der Waals surface area contributed by atoms with Crippen LogP contribution in [-0.2, 0) is 6.54 Å². The second kappa shape index (κ2) is 3.40. The fourth-order valence-corrected chi connectivity index (χ4v) is 1.47. The van der Waals surface area contributed by atoms with E-state index in [1.165, 1.54) is 12.4 Å². The van der Waals surface area contributed by atoms with Crippen molar-refractivity contribution in [3.8, 4) is 0 Å². The van der Waals surface area contributed by atoms with Crippen LogP contribution in [0.4, 0.5) is 8.78 Å². The summed E-state index contributed by atoms with van der Waals surface area (Å²) in [4.78, 5) is 9.39. The van der Waals surface area contributed by atoms with Crippen LogP contribution in [0.3, 0.4) is 0 Å². The summed E-state index contributed by atoms with van der Waals surface area (Å²) < 4.78 is 24.9. The molecule has 0 N–H and O–H groups in total. The third-order valence-electron chi connectivity index (χ3n) is 1.97. The molecule has 0 spiro atoms. The number of rotatable bonds is 2. The predicted molar refractivity (Wildman–Crippen MR) is 47.3 cm³/mol. The molecule has 1 saturated heterocycles. The van der Waals surface area contributed by atoms with Crippen molar-refractivity contribution in [2.24, 2.45) is 0 Å². The average Bonchev–Trinajstić information content (AvgIpc) is 2.06. The van der Waals surface area contributed by atoms with E-state index in [0.29, 0.717) is 17.4 Å². The summed E-state index contributed by atoms with van der Waals surface area (Å²) >= 11 is 5.53. The molecule has 1 aliphatic rings. The lowest BCUT2D eigenvalue weighted by molar-refractivity contribution is -0.134. The van der Waals surface area contributed by atoms with Crippen molar-refractivity contribution in [1.29, 1.82) is 0 Å². The molecule has 76 valence electrons. The Morgan fingerprint density at radius 1 is 1.36 bits per heavy atom. The molecule has 0 bridgehead atoms. The van der Waals surface area contributed by atoms with Gasteiger partial charge in [-0.25, -0.2) is 13.8 Å². The van der Waals surface area contributed by atoms with E-state index in [1.807, 2.05) is 0 Å². The monoisotopic (exact) mass is 219 g/mol. The number of hydrogen-bond donors (Lipinski definition) is 0. The summed E-state index contributed by atoms with van der Waals surface area (Å²) in [5.41, 5.74) is 0.657. The summed E-state index contributed by atoms with van der Waals surface area (Å²) in [6.45, 7) is 0.00831. The first-order valence-corrected chi connectivity index (χ1v) is 4.50. The van der Waals surface area contributed by atoms with Crippen molar-refractivity contribution in [2.75, 3.05) is 13.1 Å². The lowest BCUT2D eigenvalue weighted by atomic mass is 10.1. The van der Waals surface area contributed by atoms with E-state index >= 15 is 0 Å². The summed E-state index contributed by atoms with van der Waals surface area (Å²) in [6, 6.07) is 0. The Bertz CT molecular complexity index is 320. The maximum atomic E-state index is 12.5. The van der Waals surface area contributed by atoms with Crippen molar-refractivity contribution < 1.29 is 8.78 Å². The van der Waals surface area contributed by atoms with E-state index in [1.54, 1.807) is 4.90 Å². The van der Waals surface area contributed by atoms with Gasteiger partial charge in [-0.15, -0.1) is 0 Å². The minimum Gasteiger partial charge on any atom is -0.285 e. The summed E-state index contributed by atoms with van der Waals surface area (Å²) in [5, 5.41) is 0.308. The number of nitrogens with zero attached hydrogens (tertiary/aromatic N) is 3. The quantitative estimate of drug-likeness (QED) is 0.756. The normalized spacial score (nSPS) is 20.5. The van der Waals surface area contributed by atoms with E-state index < -0.39 is 5.92 Å². The van der Waals surface area contributed by atoms with E-state index in [0.717, 1.165) is 0 Å². The summed E-state index contributed by atoms with van der Waals surface area (Å²) in [7, 11) is 0. The number of aromatic nitrogens is 2. The van der Waals surface area contributed by atoms with Gasteiger partial charge < -0.3 is 0 Å². The molecule has 0 atom stereocenters. The van der Waals surface area contributed by atoms with Crippen LogP contribution in [0.5, 0.6) is 0 Å². The molecule has 0 unspecified atom stereocenters. The van der Waals surface area contributed by atoms with E-state index in [-0.39, 0.29) is 13.1 Å². The number of likely N-dealkylation sites (tertiary alicyclic amines) is 1. The van der Waals surface area contributed by atoms with Crippen LogP contribution in [0.1, 0.15) is 5.69 Å². The van der Waals surface area contributed by atoms with Gasteiger partial charge in [-0.2, -0.15) is 0 Å². The van der Waals surface area contributed by atoms with Crippen LogP contribution in [-0.4, -0.2) is 33.9 Å².